The number of ether oxygens (including phenoxy) is 2. The second kappa shape index (κ2) is 7.00. The maximum Gasteiger partial charge on any atom is 0.233 e. The van der Waals surface area contributed by atoms with Gasteiger partial charge in [0.2, 0.25) is 5.88 Å². The van der Waals surface area contributed by atoms with Crippen LogP contribution in [-0.4, -0.2) is 22.7 Å². The standard InChI is InChI=1S/C19H18N2O3/c1-3-23-16-9-11-17(12-10-16)24-19-18(13-22)14(2)20-21(19)15-7-5-4-6-8-15/h4-13H,3H2,1-2H3. The van der Waals surface area contributed by atoms with Crippen LogP contribution in [0.5, 0.6) is 17.4 Å². The predicted molar refractivity (Wildman–Crippen MR) is 91.4 cm³/mol. The third kappa shape index (κ3) is 3.15. The fourth-order valence-electron chi connectivity index (χ4n) is 2.38. The van der Waals surface area contributed by atoms with Crippen molar-refractivity contribution in [3.05, 3.63) is 65.9 Å². The molecule has 2 aromatic carbocycles. The highest BCUT2D eigenvalue weighted by molar-refractivity contribution is 5.80. The Morgan fingerprint density at radius 2 is 1.71 bits per heavy atom. The molecule has 5 nitrogen and oxygen atoms in total. The summed E-state index contributed by atoms with van der Waals surface area (Å²) in [4.78, 5) is 11.5. The zero-order chi connectivity index (χ0) is 16.9. The van der Waals surface area contributed by atoms with Gasteiger partial charge in [0, 0.05) is 0 Å². The predicted octanol–water partition coefficient (Wildman–Crippen LogP) is 4.18. The lowest BCUT2D eigenvalue weighted by atomic mass is 10.2. The third-order valence-corrected chi connectivity index (χ3v) is 3.53. The Hall–Kier alpha value is -3.08. The Morgan fingerprint density at radius 1 is 1.04 bits per heavy atom. The van der Waals surface area contributed by atoms with Crippen LogP contribution in [0.2, 0.25) is 0 Å². The second-order valence-electron chi connectivity index (χ2n) is 5.18. The monoisotopic (exact) mass is 322 g/mol. The van der Waals surface area contributed by atoms with Gasteiger partial charge in [0.1, 0.15) is 11.5 Å². The van der Waals surface area contributed by atoms with Gasteiger partial charge in [-0.05, 0) is 50.2 Å². The zero-order valence-electron chi connectivity index (χ0n) is 13.6. The number of aryl methyl sites for hydroxylation is 1. The molecule has 0 saturated carbocycles. The van der Waals surface area contributed by atoms with Crippen LogP contribution in [0, 0.1) is 6.92 Å². The summed E-state index contributed by atoms with van der Waals surface area (Å²) in [6, 6.07) is 16.8. The lowest BCUT2D eigenvalue weighted by Crippen LogP contribution is -2.00. The summed E-state index contributed by atoms with van der Waals surface area (Å²) in [6.45, 7) is 4.33. The van der Waals surface area contributed by atoms with Crippen molar-refractivity contribution in [3.63, 3.8) is 0 Å². The topological polar surface area (TPSA) is 53.4 Å². The van der Waals surface area contributed by atoms with Crippen molar-refractivity contribution in [3.8, 4) is 23.1 Å². The van der Waals surface area contributed by atoms with Gasteiger partial charge in [0.15, 0.2) is 6.29 Å². The van der Waals surface area contributed by atoms with E-state index < -0.39 is 0 Å². The lowest BCUT2D eigenvalue weighted by Gasteiger charge is -2.10. The van der Waals surface area contributed by atoms with Gasteiger partial charge in [-0.15, -0.1) is 0 Å². The van der Waals surface area contributed by atoms with Gasteiger partial charge in [-0.2, -0.15) is 9.78 Å². The van der Waals surface area contributed by atoms with Crippen LogP contribution in [0.15, 0.2) is 54.6 Å². The maximum absolute atomic E-state index is 11.5. The molecule has 0 atom stereocenters. The smallest absolute Gasteiger partial charge is 0.233 e. The zero-order valence-corrected chi connectivity index (χ0v) is 13.6. The Kier molecular flexibility index (Phi) is 4.61. The van der Waals surface area contributed by atoms with Crippen molar-refractivity contribution in [2.45, 2.75) is 13.8 Å². The minimum atomic E-state index is 0.401. The van der Waals surface area contributed by atoms with Gasteiger partial charge in [-0.1, -0.05) is 18.2 Å². The number of benzene rings is 2. The first-order valence-corrected chi connectivity index (χ1v) is 7.74. The number of carbonyl (C=O) groups excluding carboxylic acids is 1. The first-order valence-electron chi connectivity index (χ1n) is 7.74. The average molecular weight is 322 g/mol. The van der Waals surface area contributed by atoms with E-state index in [1.54, 1.807) is 23.7 Å². The largest absolute Gasteiger partial charge is 0.494 e. The molecule has 122 valence electrons. The molecule has 0 aliphatic carbocycles. The van der Waals surface area contributed by atoms with Gasteiger partial charge in [-0.25, -0.2) is 0 Å². The molecular formula is C19H18N2O3. The molecule has 3 aromatic rings. The number of hydrogen-bond acceptors (Lipinski definition) is 4. The summed E-state index contributed by atoms with van der Waals surface area (Å²) in [5, 5.41) is 4.43. The molecule has 3 rings (SSSR count). The molecule has 0 aliphatic rings. The van der Waals surface area contributed by atoms with Crippen LogP contribution < -0.4 is 9.47 Å². The SMILES string of the molecule is CCOc1ccc(Oc2c(C=O)c(C)nn2-c2ccccc2)cc1. The Bertz CT molecular complexity index is 824. The van der Waals surface area contributed by atoms with Crippen LogP contribution >= 0.6 is 0 Å². The number of para-hydroxylation sites is 1. The molecule has 0 aliphatic heterocycles. The van der Waals surface area contributed by atoms with Crippen LogP contribution in [0.3, 0.4) is 0 Å². The van der Waals surface area contributed by atoms with E-state index in [0.717, 1.165) is 17.7 Å². The summed E-state index contributed by atoms with van der Waals surface area (Å²) in [7, 11) is 0. The van der Waals surface area contributed by atoms with Crippen LogP contribution in [0.1, 0.15) is 23.0 Å². The molecule has 0 N–H and O–H groups in total. The summed E-state index contributed by atoms with van der Waals surface area (Å²) in [5.41, 5.74) is 1.89. The van der Waals surface area contributed by atoms with Gasteiger partial charge >= 0.3 is 0 Å². The minimum absolute atomic E-state index is 0.401. The summed E-state index contributed by atoms with van der Waals surface area (Å²) < 4.78 is 13.0. The molecule has 5 heteroatoms. The number of rotatable bonds is 6. The first kappa shape index (κ1) is 15.8. The molecule has 0 bridgehead atoms. The van der Waals surface area contributed by atoms with Gasteiger partial charge < -0.3 is 9.47 Å². The first-order chi connectivity index (χ1) is 11.7. The van der Waals surface area contributed by atoms with Gasteiger partial charge in [-0.3, -0.25) is 4.79 Å². The van der Waals surface area contributed by atoms with E-state index in [1.807, 2.05) is 49.4 Å². The number of aromatic nitrogens is 2. The highest BCUT2D eigenvalue weighted by Crippen LogP contribution is 2.30. The molecule has 0 unspecified atom stereocenters. The van der Waals surface area contributed by atoms with Crippen molar-refractivity contribution in [2.24, 2.45) is 0 Å². The van der Waals surface area contributed by atoms with Crippen molar-refractivity contribution in [1.29, 1.82) is 0 Å². The van der Waals surface area contributed by atoms with Crippen molar-refractivity contribution in [1.82, 2.24) is 9.78 Å². The quantitative estimate of drug-likeness (QED) is 0.639. The number of hydrogen-bond donors (Lipinski definition) is 0. The summed E-state index contributed by atoms with van der Waals surface area (Å²) in [6.07, 6.45) is 0.770. The fraction of sp³-hybridized carbons (Fsp3) is 0.158. The third-order valence-electron chi connectivity index (χ3n) is 3.53. The molecule has 0 radical (unpaired) electrons. The van der Waals surface area contributed by atoms with E-state index in [0.29, 0.717) is 29.5 Å². The molecule has 0 fully saturated rings. The van der Waals surface area contributed by atoms with E-state index >= 15 is 0 Å². The van der Waals surface area contributed by atoms with E-state index in [2.05, 4.69) is 5.10 Å². The number of carbonyl (C=O) groups is 1. The van der Waals surface area contributed by atoms with Crippen LogP contribution in [0.4, 0.5) is 0 Å². The van der Waals surface area contributed by atoms with Crippen molar-refractivity contribution < 1.29 is 14.3 Å². The summed E-state index contributed by atoms with van der Waals surface area (Å²) >= 11 is 0. The van der Waals surface area contributed by atoms with E-state index in [1.165, 1.54) is 0 Å². The summed E-state index contributed by atoms with van der Waals surface area (Å²) in [5.74, 6) is 1.78. The number of aldehydes is 1. The molecule has 0 saturated heterocycles. The molecule has 24 heavy (non-hydrogen) atoms. The highest BCUT2D eigenvalue weighted by atomic mass is 16.5. The van der Waals surface area contributed by atoms with Crippen LogP contribution in [-0.2, 0) is 0 Å². The molecule has 1 heterocycles. The Morgan fingerprint density at radius 3 is 2.33 bits per heavy atom. The molecule has 0 amide bonds. The lowest BCUT2D eigenvalue weighted by molar-refractivity contribution is 0.112. The average Bonchev–Trinajstić information content (AvgIpc) is 2.93. The van der Waals surface area contributed by atoms with E-state index in [9.17, 15) is 4.79 Å². The van der Waals surface area contributed by atoms with Crippen molar-refractivity contribution in [2.75, 3.05) is 6.61 Å². The maximum atomic E-state index is 11.5. The minimum Gasteiger partial charge on any atom is -0.494 e. The normalized spacial score (nSPS) is 10.4. The van der Waals surface area contributed by atoms with E-state index in [4.69, 9.17) is 9.47 Å². The van der Waals surface area contributed by atoms with Gasteiger partial charge in [0.25, 0.3) is 0 Å². The second-order valence-corrected chi connectivity index (χ2v) is 5.18. The fourth-order valence-corrected chi connectivity index (χ4v) is 2.38. The van der Waals surface area contributed by atoms with Crippen LogP contribution in [0.25, 0.3) is 5.69 Å². The molecule has 1 aromatic heterocycles. The van der Waals surface area contributed by atoms with Gasteiger partial charge in [0.05, 0.1) is 23.6 Å². The Labute approximate surface area is 140 Å². The number of nitrogens with zero attached hydrogens (tertiary/aromatic N) is 2. The van der Waals surface area contributed by atoms with E-state index in [-0.39, 0.29) is 0 Å². The highest BCUT2D eigenvalue weighted by Gasteiger charge is 2.18. The Balaban J connectivity index is 1.98. The van der Waals surface area contributed by atoms with Crippen molar-refractivity contribution >= 4 is 6.29 Å². The molecule has 0 spiro atoms. The molecular weight excluding hydrogens is 304 g/mol.